The van der Waals surface area contributed by atoms with Gasteiger partial charge >= 0.3 is 0 Å². The molecule has 0 bridgehead atoms. The van der Waals surface area contributed by atoms with E-state index >= 15 is 0 Å². The van der Waals surface area contributed by atoms with Crippen LogP contribution in [0, 0.1) is 0 Å². The number of halogens is 1. The zero-order valence-corrected chi connectivity index (χ0v) is 16.7. The number of benzene rings is 1. The van der Waals surface area contributed by atoms with Crippen molar-refractivity contribution in [2.24, 2.45) is 0 Å². The van der Waals surface area contributed by atoms with Crippen molar-refractivity contribution in [3.63, 3.8) is 0 Å². The Bertz CT molecular complexity index is 894. The number of thioether (sulfide) groups is 1. The Labute approximate surface area is 168 Å². The third kappa shape index (κ3) is 3.94. The van der Waals surface area contributed by atoms with Gasteiger partial charge in [-0.3, -0.25) is 9.55 Å². The first kappa shape index (κ1) is 18.3. The van der Waals surface area contributed by atoms with Gasteiger partial charge in [0.2, 0.25) is 5.95 Å². The van der Waals surface area contributed by atoms with Gasteiger partial charge in [-0.05, 0) is 30.2 Å². The Kier molecular flexibility index (Phi) is 5.59. The molecule has 27 heavy (non-hydrogen) atoms. The predicted molar refractivity (Wildman–Crippen MR) is 110 cm³/mol. The van der Waals surface area contributed by atoms with Crippen molar-refractivity contribution in [2.45, 2.75) is 25.4 Å². The van der Waals surface area contributed by atoms with Crippen LogP contribution in [0.25, 0.3) is 11.5 Å². The van der Waals surface area contributed by atoms with E-state index in [9.17, 15) is 0 Å². The number of aromatic nitrogens is 5. The van der Waals surface area contributed by atoms with Gasteiger partial charge in [0.25, 0.3) is 0 Å². The van der Waals surface area contributed by atoms with Crippen LogP contribution in [-0.4, -0.2) is 49.3 Å². The van der Waals surface area contributed by atoms with E-state index in [0.29, 0.717) is 6.04 Å². The van der Waals surface area contributed by atoms with Crippen LogP contribution < -0.4 is 4.90 Å². The highest BCUT2D eigenvalue weighted by atomic mass is 35.5. The fourth-order valence-electron chi connectivity index (χ4n) is 3.29. The maximum atomic E-state index is 6.35. The first-order chi connectivity index (χ1) is 13.2. The molecule has 0 radical (unpaired) electrons. The molecule has 0 spiro atoms. The third-order valence-electron chi connectivity index (χ3n) is 4.85. The Morgan fingerprint density at radius 1 is 1.26 bits per heavy atom. The first-order valence-corrected chi connectivity index (χ1v) is 10.5. The molecule has 1 aromatic carbocycles. The molecule has 0 amide bonds. The second kappa shape index (κ2) is 8.27. The van der Waals surface area contributed by atoms with Gasteiger partial charge in [-0.25, -0.2) is 4.98 Å². The molecule has 1 saturated heterocycles. The molecule has 1 fully saturated rings. The summed E-state index contributed by atoms with van der Waals surface area (Å²) in [5.74, 6) is 3.92. The van der Waals surface area contributed by atoms with E-state index in [1.165, 1.54) is 12.2 Å². The molecule has 1 aliphatic heterocycles. The minimum absolute atomic E-state index is 0.480. The Balaban J connectivity index is 1.67. The summed E-state index contributed by atoms with van der Waals surface area (Å²) in [6.45, 7) is 0.724. The predicted octanol–water partition coefficient (Wildman–Crippen LogP) is 3.57. The fourth-order valence-corrected chi connectivity index (χ4v) is 4.79. The van der Waals surface area contributed by atoms with Gasteiger partial charge in [-0.1, -0.05) is 29.8 Å². The molecule has 6 nitrogen and oxygen atoms in total. The van der Waals surface area contributed by atoms with Crippen molar-refractivity contribution in [1.82, 2.24) is 24.7 Å². The topological polar surface area (TPSA) is 59.7 Å². The molecule has 4 rings (SSSR count). The Morgan fingerprint density at radius 2 is 2.15 bits per heavy atom. The quantitative estimate of drug-likeness (QED) is 0.630. The van der Waals surface area contributed by atoms with Crippen LogP contribution >= 0.6 is 23.4 Å². The second-order valence-electron chi connectivity index (χ2n) is 6.54. The highest BCUT2D eigenvalue weighted by molar-refractivity contribution is 7.99. The highest BCUT2D eigenvalue weighted by Crippen LogP contribution is 2.28. The minimum atomic E-state index is 0.480. The summed E-state index contributed by atoms with van der Waals surface area (Å²) in [4.78, 5) is 10.9. The Hall–Kier alpha value is -2.12. The lowest BCUT2D eigenvalue weighted by Crippen LogP contribution is -2.33. The average Bonchev–Trinajstić information content (AvgIpc) is 3.38. The molecular weight excluding hydrogens is 380 g/mol. The van der Waals surface area contributed by atoms with Gasteiger partial charge in [-0.15, -0.1) is 10.2 Å². The average molecular weight is 401 g/mol. The summed E-state index contributed by atoms with van der Waals surface area (Å²) in [6.07, 6.45) is 7.03. The third-order valence-corrected chi connectivity index (χ3v) is 6.37. The molecule has 3 heterocycles. The second-order valence-corrected chi connectivity index (χ2v) is 8.09. The van der Waals surface area contributed by atoms with E-state index < -0.39 is 0 Å². The Morgan fingerprint density at radius 3 is 2.89 bits per heavy atom. The SMILES string of the molecule is CN(c1nnc(-c2cnccn2)n1CCc1ccccc1Cl)C1CCSC1. The number of rotatable bonds is 6. The van der Waals surface area contributed by atoms with Crippen LogP contribution in [0.15, 0.2) is 42.9 Å². The van der Waals surface area contributed by atoms with Gasteiger partial charge in [0.15, 0.2) is 5.82 Å². The summed E-state index contributed by atoms with van der Waals surface area (Å²) < 4.78 is 2.14. The molecule has 1 aliphatic rings. The summed E-state index contributed by atoms with van der Waals surface area (Å²) in [5, 5.41) is 9.73. The molecule has 0 N–H and O–H groups in total. The van der Waals surface area contributed by atoms with E-state index in [4.69, 9.17) is 11.6 Å². The van der Waals surface area contributed by atoms with Crippen LogP contribution in [0.4, 0.5) is 5.95 Å². The number of aryl methyl sites for hydroxylation is 1. The van der Waals surface area contributed by atoms with Gasteiger partial charge in [0.1, 0.15) is 5.69 Å². The monoisotopic (exact) mass is 400 g/mol. The molecule has 2 aromatic heterocycles. The number of nitrogens with zero attached hydrogens (tertiary/aromatic N) is 6. The van der Waals surface area contributed by atoms with Crippen molar-refractivity contribution < 1.29 is 0 Å². The van der Waals surface area contributed by atoms with Gasteiger partial charge in [-0.2, -0.15) is 11.8 Å². The van der Waals surface area contributed by atoms with Gasteiger partial charge < -0.3 is 4.90 Å². The normalized spacial score (nSPS) is 16.6. The maximum Gasteiger partial charge on any atom is 0.227 e. The molecule has 1 atom stereocenters. The van der Waals surface area contributed by atoms with Crippen molar-refractivity contribution in [1.29, 1.82) is 0 Å². The van der Waals surface area contributed by atoms with Crippen LogP contribution in [-0.2, 0) is 13.0 Å². The van der Waals surface area contributed by atoms with Crippen LogP contribution in [0.5, 0.6) is 0 Å². The summed E-state index contributed by atoms with van der Waals surface area (Å²) in [5.41, 5.74) is 1.84. The van der Waals surface area contributed by atoms with Crippen molar-refractivity contribution in [3.05, 3.63) is 53.4 Å². The van der Waals surface area contributed by atoms with E-state index in [1.54, 1.807) is 18.6 Å². The molecule has 8 heteroatoms. The van der Waals surface area contributed by atoms with E-state index in [1.807, 2.05) is 30.0 Å². The molecule has 0 saturated carbocycles. The van der Waals surface area contributed by atoms with E-state index in [0.717, 1.165) is 46.8 Å². The minimum Gasteiger partial charge on any atom is -0.340 e. The summed E-state index contributed by atoms with van der Waals surface area (Å²) in [6, 6.07) is 8.43. The maximum absolute atomic E-state index is 6.35. The van der Waals surface area contributed by atoms with Crippen molar-refractivity contribution >= 4 is 29.3 Å². The summed E-state index contributed by atoms with van der Waals surface area (Å²) >= 11 is 8.34. The van der Waals surface area contributed by atoms with E-state index in [-0.39, 0.29) is 0 Å². The van der Waals surface area contributed by atoms with Gasteiger partial charge in [0, 0.05) is 42.8 Å². The van der Waals surface area contributed by atoms with E-state index in [2.05, 4.69) is 42.7 Å². The summed E-state index contributed by atoms with van der Waals surface area (Å²) in [7, 11) is 2.10. The lowest BCUT2D eigenvalue weighted by molar-refractivity contribution is 0.632. The zero-order valence-electron chi connectivity index (χ0n) is 15.1. The standard InChI is InChI=1S/C19H21ClN6S/c1-25(15-7-11-27-13-15)19-24-23-18(17-12-21-8-9-22-17)26(19)10-6-14-4-2-3-5-16(14)20/h2-5,8-9,12,15H,6-7,10-11,13H2,1H3. The number of hydrogen-bond donors (Lipinski definition) is 0. The lowest BCUT2D eigenvalue weighted by Gasteiger charge is -2.25. The smallest absolute Gasteiger partial charge is 0.227 e. The van der Waals surface area contributed by atoms with Crippen LogP contribution in [0.1, 0.15) is 12.0 Å². The number of hydrogen-bond acceptors (Lipinski definition) is 6. The lowest BCUT2D eigenvalue weighted by atomic mass is 10.1. The van der Waals surface area contributed by atoms with Crippen molar-refractivity contribution in [2.75, 3.05) is 23.5 Å². The number of anilines is 1. The molecule has 140 valence electrons. The first-order valence-electron chi connectivity index (χ1n) is 8.97. The van der Waals surface area contributed by atoms with Crippen molar-refractivity contribution in [3.8, 4) is 11.5 Å². The highest BCUT2D eigenvalue weighted by Gasteiger charge is 2.26. The van der Waals surface area contributed by atoms with Gasteiger partial charge in [0.05, 0.1) is 6.20 Å². The van der Waals surface area contributed by atoms with Crippen LogP contribution in [0.3, 0.4) is 0 Å². The zero-order chi connectivity index (χ0) is 18.6. The molecule has 3 aromatic rings. The largest absolute Gasteiger partial charge is 0.340 e. The fraction of sp³-hybridized carbons (Fsp3) is 0.368. The molecule has 1 unspecified atom stereocenters. The molecule has 0 aliphatic carbocycles. The molecular formula is C19H21ClN6S. The van der Waals surface area contributed by atoms with Crippen LogP contribution in [0.2, 0.25) is 5.02 Å².